The van der Waals surface area contributed by atoms with Gasteiger partial charge in [-0.1, -0.05) is 0 Å². The molecule has 1 atom stereocenters. The van der Waals surface area contributed by atoms with Crippen LogP contribution in [-0.4, -0.2) is 43.3 Å². The molecule has 0 aromatic heterocycles. The van der Waals surface area contributed by atoms with Gasteiger partial charge in [0.2, 0.25) is 0 Å². The highest BCUT2D eigenvalue weighted by Gasteiger charge is 2.31. The maximum atomic E-state index is 12.3. The van der Waals surface area contributed by atoms with Crippen LogP contribution in [-0.2, 0) is 0 Å². The molecule has 0 spiro atoms. The second-order valence-corrected chi connectivity index (χ2v) is 4.99. The lowest BCUT2D eigenvalue weighted by Gasteiger charge is -2.31. The van der Waals surface area contributed by atoms with E-state index < -0.39 is 6.36 Å². The van der Waals surface area contributed by atoms with E-state index in [2.05, 4.69) is 10.1 Å². The Hall–Kier alpha value is -1.76. The van der Waals surface area contributed by atoms with Gasteiger partial charge in [0, 0.05) is 25.2 Å². The van der Waals surface area contributed by atoms with Crippen LogP contribution in [0.3, 0.4) is 0 Å². The number of amides is 1. The number of nitrogens with zero attached hydrogens (tertiary/aromatic N) is 1. The molecule has 1 saturated heterocycles. The van der Waals surface area contributed by atoms with Gasteiger partial charge in [0.05, 0.1) is 0 Å². The maximum absolute atomic E-state index is 12.3. The van der Waals surface area contributed by atoms with Crippen LogP contribution in [0.15, 0.2) is 24.3 Å². The van der Waals surface area contributed by atoms with E-state index in [1.807, 2.05) is 0 Å². The van der Waals surface area contributed by atoms with Crippen molar-refractivity contribution in [3.8, 4) is 5.75 Å². The summed E-state index contributed by atoms with van der Waals surface area (Å²) in [4.78, 5) is 13.9. The van der Waals surface area contributed by atoms with Crippen molar-refractivity contribution >= 4 is 5.91 Å². The molecule has 1 fully saturated rings. The zero-order chi connectivity index (χ0) is 15.5. The number of hydrogen-bond donors (Lipinski definition) is 1. The Labute approximate surface area is 120 Å². The number of alkyl halides is 3. The average Bonchev–Trinajstić information content (AvgIpc) is 2.46. The zero-order valence-electron chi connectivity index (χ0n) is 11.6. The van der Waals surface area contributed by atoms with Crippen LogP contribution in [0, 0.1) is 0 Å². The summed E-state index contributed by atoms with van der Waals surface area (Å²) in [5, 5.41) is 3.22. The van der Waals surface area contributed by atoms with Crippen LogP contribution in [0.1, 0.15) is 23.2 Å². The fourth-order valence-electron chi connectivity index (χ4n) is 2.33. The Bertz CT molecular complexity index is 482. The predicted octanol–water partition coefficient (Wildman–Crippen LogP) is 2.41. The third kappa shape index (κ3) is 4.35. The molecule has 0 aliphatic carbocycles. The summed E-state index contributed by atoms with van der Waals surface area (Å²) >= 11 is 0. The van der Waals surface area contributed by atoms with E-state index in [9.17, 15) is 18.0 Å². The molecular weight excluding hydrogens is 285 g/mol. The lowest BCUT2D eigenvalue weighted by atomic mass is 10.1. The molecule has 1 aliphatic rings. The third-order valence-corrected chi connectivity index (χ3v) is 3.47. The SMILES string of the molecule is CN(C(=O)c1ccc(OC(F)(F)F)cc1)C1CCCNC1. The molecule has 0 saturated carbocycles. The highest BCUT2D eigenvalue weighted by atomic mass is 19.4. The molecule has 1 aromatic rings. The molecule has 0 radical (unpaired) electrons. The number of likely N-dealkylation sites (N-methyl/N-ethyl adjacent to an activating group) is 1. The molecule has 1 amide bonds. The van der Waals surface area contributed by atoms with Crippen LogP contribution in [0.25, 0.3) is 0 Å². The van der Waals surface area contributed by atoms with Gasteiger partial charge in [0.15, 0.2) is 0 Å². The molecule has 1 heterocycles. The van der Waals surface area contributed by atoms with Gasteiger partial charge in [-0.3, -0.25) is 4.79 Å². The number of rotatable bonds is 3. The van der Waals surface area contributed by atoms with E-state index in [0.29, 0.717) is 5.56 Å². The number of piperidine rings is 1. The molecule has 0 bridgehead atoms. The summed E-state index contributed by atoms with van der Waals surface area (Å²) in [5.41, 5.74) is 0.345. The van der Waals surface area contributed by atoms with Crippen molar-refractivity contribution in [3.63, 3.8) is 0 Å². The Kier molecular flexibility index (Phi) is 4.72. The summed E-state index contributed by atoms with van der Waals surface area (Å²) in [6, 6.07) is 5.09. The van der Waals surface area contributed by atoms with Crippen LogP contribution < -0.4 is 10.1 Å². The van der Waals surface area contributed by atoms with Crippen molar-refractivity contribution in [2.45, 2.75) is 25.2 Å². The Morgan fingerprint density at radius 1 is 1.33 bits per heavy atom. The maximum Gasteiger partial charge on any atom is 0.573 e. The van der Waals surface area contributed by atoms with Gasteiger partial charge in [-0.15, -0.1) is 13.2 Å². The van der Waals surface area contributed by atoms with Crippen LogP contribution in [0.5, 0.6) is 5.75 Å². The molecule has 1 aromatic carbocycles. The van der Waals surface area contributed by atoms with Gasteiger partial charge in [0.1, 0.15) is 5.75 Å². The van der Waals surface area contributed by atoms with E-state index in [-0.39, 0.29) is 17.7 Å². The summed E-state index contributed by atoms with van der Waals surface area (Å²) < 4.78 is 40.0. The van der Waals surface area contributed by atoms with Crippen molar-refractivity contribution in [2.24, 2.45) is 0 Å². The van der Waals surface area contributed by atoms with Gasteiger partial charge >= 0.3 is 6.36 Å². The number of ether oxygens (including phenoxy) is 1. The minimum absolute atomic E-state index is 0.109. The lowest BCUT2D eigenvalue weighted by molar-refractivity contribution is -0.274. The van der Waals surface area contributed by atoms with Crippen LogP contribution >= 0.6 is 0 Å². The first-order valence-corrected chi connectivity index (χ1v) is 6.70. The van der Waals surface area contributed by atoms with Crippen molar-refractivity contribution in [1.82, 2.24) is 10.2 Å². The average molecular weight is 302 g/mol. The summed E-state index contributed by atoms with van der Waals surface area (Å²) in [7, 11) is 1.71. The summed E-state index contributed by atoms with van der Waals surface area (Å²) in [6.45, 7) is 1.68. The van der Waals surface area contributed by atoms with Crippen LogP contribution in [0.4, 0.5) is 13.2 Å². The number of benzene rings is 1. The fourth-order valence-corrected chi connectivity index (χ4v) is 2.33. The van der Waals surface area contributed by atoms with Gasteiger partial charge < -0.3 is 15.0 Å². The monoisotopic (exact) mass is 302 g/mol. The van der Waals surface area contributed by atoms with Crippen LogP contribution in [0.2, 0.25) is 0 Å². The normalized spacial score (nSPS) is 19.1. The minimum atomic E-state index is -4.73. The molecule has 21 heavy (non-hydrogen) atoms. The van der Waals surface area contributed by atoms with Gasteiger partial charge in [-0.25, -0.2) is 0 Å². The second kappa shape index (κ2) is 6.34. The Morgan fingerprint density at radius 3 is 2.52 bits per heavy atom. The molecular formula is C14H17F3N2O2. The molecule has 7 heteroatoms. The van der Waals surface area contributed by atoms with Crippen molar-refractivity contribution in [3.05, 3.63) is 29.8 Å². The van der Waals surface area contributed by atoms with Crippen molar-refractivity contribution < 1.29 is 22.7 Å². The molecule has 1 aliphatic heterocycles. The quantitative estimate of drug-likeness (QED) is 0.932. The molecule has 1 unspecified atom stereocenters. The van der Waals surface area contributed by atoms with Gasteiger partial charge in [0.25, 0.3) is 5.91 Å². The number of hydrogen-bond acceptors (Lipinski definition) is 3. The third-order valence-electron chi connectivity index (χ3n) is 3.47. The highest BCUT2D eigenvalue weighted by molar-refractivity contribution is 5.94. The van der Waals surface area contributed by atoms with Crippen molar-refractivity contribution in [1.29, 1.82) is 0 Å². The first-order valence-electron chi connectivity index (χ1n) is 6.70. The summed E-state index contributed by atoms with van der Waals surface area (Å²) in [5.74, 6) is -0.539. The topological polar surface area (TPSA) is 41.6 Å². The van der Waals surface area contributed by atoms with E-state index in [0.717, 1.165) is 38.1 Å². The standard InChI is InChI=1S/C14H17F3N2O2/c1-19(11-3-2-8-18-9-11)13(20)10-4-6-12(7-5-10)21-14(15,16)17/h4-7,11,18H,2-3,8-9H2,1H3. The van der Waals surface area contributed by atoms with Gasteiger partial charge in [-0.05, 0) is 43.7 Å². The van der Waals surface area contributed by atoms with E-state index >= 15 is 0 Å². The van der Waals surface area contributed by atoms with E-state index in [1.165, 1.54) is 12.1 Å². The molecule has 116 valence electrons. The second-order valence-electron chi connectivity index (χ2n) is 4.99. The summed E-state index contributed by atoms with van der Waals surface area (Å²) in [6.07, 6.45) is -2.80. The Morgan fingerprint density at radius 2 is 2.00 bits per heavy atom. The first-order chi connectivity index (χ1) is 9.87. The zero-order valence-corrected chi connectivity index (χ0v) is 11.6. The van der Waals surface area contributed by atoms with E-state index in [1.54, 1.807) is 11.9 Å². The molecule has 4 nitrogen and oxygen atoms in total. The number of halogens is 3. The predicted molar refractivity (Wildman–Crippen MR) is 71.1 cm³/mol. The van der Waals surface area contributed by atoms with Gasteiger partial charge in [-0.2, -0.15) is 0 Å². The first kappa shape index (κ1) is 15.6. The number of carbonyl (C=O) groups excluding carboxylic acids is 1. The number of carbonyl (C=O) groups is 1. The van der Waals surface area contributed by atoms with Crippen molar-refractivity contribution in [2.75, 3.05) is 20.1 Å². The van der Waals surface area contributed by atoms with E-state index in [4.69, 9.17) is 0 Å². The largest absolute Gasteiger partial charge is 0.573 e. The molecule has 2 rings (SSSR count). The molecule has 1 N–H and O–H groups in total. The fraction of sp³-hybridized carbons (Fsp3) is 0.500. The smallest absolute Gasteiger partial charge is 0.406 e. The Balaban J connectivity index is 2.02. The lowest BCUT2D eigenvalue weighted by Crippen LogP contribution is -2.46. The highest BCUT2D eigenvalue weighted by Crippen LogP contribution is 2.23. The minimum Gasteiger partial charge on any atom is -0.406 e. The number of nitrogens with one attached hydrogen (secondary N) is 1.